The molecule has 30 heavy (non-hydrogen) atoms. The Labute approximate surface area is 171 Å². The van der Waals surface area contributed by atoms with Crippen LogP contribution in [0.3, 0.4) is 0 Å². The number of nitro groups is 1. The third-order valence-corrected chi connectivity index (χ3v) is 5.50. The molecule has 10 nitrogen and oxygen atoms in total. The average Bonchev–Trinajstić information content (AvgIpc) is 3.31. The molecule has 0 aliphatic carbocycles. The molecule has 0 radical (unpaired) electrons. The number of nitrogens with one attached hydrogen (secondary N) is 2. The fourth-order valence-electron chi connectivity index (χ4n) is 4.08. The first kappa shape index (κ1) is 19.5. The standard InChI is InChI=1S/C20H21N5O5/c1-30-16-6-7-22-14(16)9-12-17-13(23-20(12)27)4-5-15(25(28)29)18(17)24-8-2-3-11(10-24)19(21)26/h4-7,9,11,22H,2-3,8,10H2,1H3,(H2,21,26)(H,23,27)/b12-9-. The molecule has 0 saturated carbocycles. The van der Waals surface area contributed by atoms with E-state index in [1.54, 1.807) is 23.2 Å². The lowest BCUT2D eigenvalue weighted by Crippen LogP contribution is -2.41. The number of hydrogen-bond acceptors (Lipinski definition) is 6. The number of nitrogens with two attached hydrogens (primary N) is 1. The summed E-state index contributed by atoms with van der Waals surface area (Å²) in [5.41, 5.74) is 7.47. The summed E-state index contributed by atoms with van der Waals surface area (Å²) in [6.07, 6.45) is 4.59. The average molecular weight is 411 g/mol. The molecule has 1 unspecified atom stereocenters. The number of H-pyrrole nitrogens is 1. The van der Waals surface area contributed by atoms with Crippen LogP contribution in [0.5, 0.6) is 5.75 Å². The molecule has 2 aliphatic rings. The van der Waals surface area contributed by atoms with Crippen molar-refractivity contribution in [1.29, 1.82) is 0 Å². The predicted octanol–water partition coefficient (Wildman–Crippen LogP) is 2.13. The molecule has 1 aromatic carbocycles. The zero-order valence-electron chi connectivity index (χ0n) is 16.3. The number of hydrogen-bond donors (Lipinski definition) is 3. The predicted molar refractivity (Wildman–Crippen MR) is 111 cm³/mol. The molecule has 0 spiro atoms. The number of anilines is 2. The van der Waals surface area contributed by atoms with Gasteiger partial charge in [0.25, 0.3) is 11.6 Å². The zero-order valence-corrected chi connectivity index (χ0v) is 16.3. The van der Waals surface area contributed by atoms with Crippen molar-refractivity contribution in [3.05, 3.63) is 45.8 Å². The number of aromatic amines is 1. The van der Waals surface area contributed by atoms with E-state index in [0.29, 0.717) is 47.8 Å². The molecule has 4 rings (SSSR count). The first-order valence-corrected chi connectivity index (χ1v) is 9.51. The summed E-state index contributed by atoms with van der Waals surface area (Å²) >= 11 is 0. The first-order valence-electron chi connectivity index (χ1n) is 9.51. The number of carbonyl (C=O) groups is 2. The van der Waals surface area contributed by atoms with Crippen LogP contribution in [0.4, 0.5) is 17.1 Å². The number of ether oxygens (including phenoxy) is 1. The highest BCUT2D eigenvalue weighted by Gasteiger charge is 2.37. The van der Waals surface area contributed by atoms with Gasteiger partial charge >= 0.3 is 0 Å². The second kappa shape index (κ2) is 7.54. The van der Waals surface area contributed by atoms with Crippen LogP contribution in [0.25, 0.3) is 11.6 Å². The fourth-order valence-corrected chi connectivity index (χ4v) is 4.08. The lowest BCUT2D eigenvalue weighted by Gasteiger charge is -2.33. The largest absolute Gasteiger partial charge is 0.495 e. The van der Waals surface area contributed by atoms with Crippen LogP contribution in [0.2, 0.25) is 0 Å². The van der Waals surface area contributed by atoms with Gasteiger partial charge in [-0.2, -0.15) is 0 Å². The van der Waals surface area contributed by atoms with E-state index in [-0.39, 0.29) is 23.7 Å². The third-order valence-electron chi connectivity index (χ3n) is 5.50. The SMILES string of the molecule is COc1cc[nH]c1/C=C1\C(=O)Nc2ccc([N+](=O)[O-])c(N3CCCC(C(N)=O)C3)c21. The van der Waals surface area contributed by atoms with E-state index in [1.165, 1.54) is 19.2 Å². The molecule has 3 heterocycles. The van der Waals surface area contributed by atoms with Crippen molar-refractivity contribution in [2.45, 2.75) is 12.8 Å². The Morgan fingerprint density at radius 3 is 2.90 bits per heavy atom. The minimum Gasteiger partial charge on any atom is -0.495 e. The lowest BCUT2D eigenvalue weighted by atomic mass is 9.94. The van der Waals surface area contributed by atoms with Gasteiger partial charge in [0.2, 0.25) is 5.91 Å². The third kappa shape index (κ3) is 3.25. The number of nitrogens with zero attached hydrogens (tertiary/aromatic N) is 2. The van der Waals surface area contributed by atoms with Gasteiger partial charge < -0.3 is 25.7 Å². The Morgan fingerprint density at radius 1 is 1.40 bits per heavy atom. The van der Waals surface area contributed by atoms with Gasteiger partial charge in [0.05, 0.1) is 34.9 Å². The van der Waals surface area contributed by atoms with Crippen molar-refractivity contribution in [3.8, 4) is 5.75 Å². The molecular formula is C20H21N5O5. The number of methoxy groups -OCH3 is 1. The van der Waals surface area contributed by atoms with Crippen LogP contribution >= 0.6 is 0 Å². The minimum absolute atomic E-state index is 0.125. The molecule has 2 aromatic rings. The molecule has 2 amide bonds. The van der Waals surface area contributed by atoms with Crippen LogP contribution < -0.4 is 20.7 Å². The number of aromatic nitrogens is 1. The minimum atomic E-state index is -0.473. The van der Waals surface area contributed by atoms with Gasteiger partial charge in [-0.05, 0) is 31.1 Å². The van der Waals surface area contributed by atoms with E-state index in [0.717, 1.165) is 0 Å². The number of nitro benzene ring substituents is 1. The Morgan fingerprint density at radius 2 is 2.20 bits per heavy atom. The van der Waals surface area contributed by atoms with Crippen molar-refractivity contribution >= 4 is 40.5 Å². The highest BCUT2D eigenvalue weighted by Crippen LogP contribution is 2.46. The Hall–Kier alpha value is -3.82. The van der Waals surface area contributed by atoms with Crippen LogP contribution in [0.15, 0.2) is 24.4 Å². The number of rotatable bonds is 5. The topological polar surface area (TPSA) is 144 Å². The first-order chi connectivity index (χ1) is 14.4. The summed E-state index contributed by atoms with van der Waals surface area (Å²) in [5.74, 6) is -0.666. The van der Waals surface area contributed by atoms with Crippen LogP contribution in [-0.2, 0) is 9.59 Å². The smallest absolute Gasteiger partial charge is 0.293 e. The molecule has 1 saturated heterocycles. The number of fused-ring (bicyclic) bond motifs is 1. The summed E-state index contributed by atoms with van der Waals surface area (Å²) < 4.78 is 5.29. The lowest BCUT2D eigenvalue weighted by molar-refractivity contribution is -0.384. The number of primary amides is 1. The van der Waals surface area contributed by atoms with Gasteiger partial charge in [0, 0.05) is 30.9 Å². The summed E-state index contributed by atoms with van der Waals surface area (Å²) in [5, 5.41) is 14.6. The maximum atomic E-state index is 12.7. The van der Waals surface area contributed by atoms with Crippen molar-refractivity contribution in [2.24, 2.45) is 11.7 Å². The number of piperidine rings is 1. The van der Waals surface area contributed by atoms with Crippen LogP contribution in [0, 0.1) is 16.0 Å². The van der Waals surface area contributed by atoms with E-state index in [9.17, 15) is 19.7 Å². The quantitative estimate of drug-likeness (QED) is 0.391. The zero-order chi connectivity index (χ0) is 21.4. The second-order valence-corrected chi connectivity index (χ2v) is 7.27. The summed E-state index contributed by atoms with van der Waals surface area (Å²) in [6, 6.07) is 4.62. The highest BCUT2D eigenvalue weighted by molar-refractivity contribution is 6.36. The molecular weight excluding hydrogens is 390 g/mol. The van der Waals surface area contributed by atoms with E-state index < -0.39 is 16.7 Å². The van der Waals surface area contributed by atoms with Gasteiger partial charge in [0.15, 0.2) is 0 Å². The normalized spacial score (nSPS) is 19.5. The van der Waals surface area contributed by atoms with Gasteiger partial charge in [-0.15, -0.1) is 0 Å². The van der Waals surface area contributed by atoms with Gasteiger partial charge in [0.1, 0.15) is 11.4 Å². The molecule has 1 atom stereocenters. The van der Waals surface area contributed by atoms with Gasteiger partial charge in [-0.3, -0.25) is 19.7 Å². The second-order valence-electron chi connectivity index (χ2n) is 7.27. The van der Waals surface area contributed by atoms with Crippen molar-refractivity contribution in [2.75, 3.05) is 30.4 Å². The molecule has 1 aromatic heterocycles. The number of benzene rings is 1. The maximum Gasteiger partial charge on any atom is 0.293 e. The Bertz CT molecular complexity index is 1070. The summed E-state index contributed by atoms with van der Waals surface area (Å²) in [4.78, 5) is 40.6. The van der Waals surface area contributed by atoms with E-state index in [2.05, 4.69) is 10.3 Å². The number of carbonyl (C=O) groups excluding carboxylic acids is 2. The summed E-state index contributed by atoms with van der Waals surface area (Å²) in [6.45, 7) is 0.786. The maximum absolute atomic E-state index is 12.7. The van der Waals surface area contributed by atoms with Crippen LogP contribution in [0.1, 0.15) is 24.1 Å². The van der Waals surface area contributed by atoms with E-state index in [1.807, 2.05) is 0 Å². The van der Waals surface area contributed by atoms with Gasteiger partial charge in [-0.25, -0.2) is 0 Å². The van der Waals surface area contributed by atoms with Gasteiger partial charge in [-0.1, -0.05) is 0 Å². The van der Waals surface area contributed by atoms with Crippen LogP contribution in [-0.4, -0.2) is 41.9 Å². The van der Waals surface area contributed by atoms with Crippen molar-refractivity contribution < 1.29 is 19.2 Å². The fraction of sp³-hybridized carbons (Fsp3) is 0.300. The van der Waals surface area contributed by atoms with Crippen molar-refractivity contribution in [1.82, 2.24) is 4.98 Å². The molecule has 0 bridgehead atoms. The monoisotopic (exact) mass is 411 g/mol. The Balaban J connectivity index is 1.89. The van der Waals surface area contributed by atoms with Crippen molar-refractivity contribution in [3.63, 3.8) is 0 Å². The molecule has 156 valence electrons. The molecule has 4 N–H and O–H groups in total. The molecule has 2 aliphatic heterocycles. The molecule has 1 fully saturated rings. The summed E-state index contributed by atoms with van der Waals surface area (Å²) in [7, 11) is 1.52. The number of amides is 2. The molecule has 10 heteroatoms. The highest BCUT2D eigenvalue weighted by atomic mass is 16.6. The van der Waals surface area contributed by atoms with E-state index >= 15 is 0 Å². The Kier molecular flexibility index (Phi) is 4.90. The van der Waals surface area contributed by atoms with E-state index in [4.69, 9.17) is 10.5 Å².